The third-order valence-electron chi connectivity index (χ3n) is 2.97. The molecule has 5 nitrogen and oxygen atoms in total. The number of aromatic nitrogens is 3. The molecule has 0 spiro atoms. The molecular weight excluding hydrogens is 237 g/mol. The molecule has 0 saturated heterocycles. The third-order valence-corrected chi connectivity index (χ3v) is 2.97. The van der Waals surface area contributed by atoms with Crippen LogP contribution < -0.4 is 0 Å². The molecule has 0 bridgehead atoms. The van der Waals surface area contributed by atoms with E-state index < -0.39 is 5.97 Å². The highest BCUT2D eigenvalue weighted by atomic mass is 19.1. The Kier molecular flexibility index (Phi) is 2.13. The molecule has 0 unspecified atom stereocenters. The number of nitrogens with zero attached hydrogens (tertiary/aromatic N) is 3. The first-order valence-electron chi connectivity index (χ1n) is 5.40. The monoisotopic (exact) mass is 247 g/mol. The minimum absolute atomic E-state index is 0.0866. The number of hydrogen-bond acceptors (Lipinski definition) is 2. The summed E-state index contributed by atoms with van der Waals surface area (Å²) in [6.45, 7) is 0. The van der Waals surface area contributed by atoms with E-state index in [4.69, 9.17) is 5.11 Å². The van der Waals surface area contributed by atoms with E-state index in [9.17, 15) is 9.18 Å². The van der Waals surface area contributed by atoms with Crippen LogP contribution in [0.4, 0.5) is 4.39 Å². The lowest BCUT2D eigenvalue weighted by molar-refractivity contribution is -0.136. The molecule has 0 fully saturated rings. The molecule has 3 rings (SSSR count). The number of aliphatic carboxylic acids is 1. The van der Waals surface area contributed by atoms with E-state index >= 15 is 0 Å². The first-order chi connectivity index (χ1) is 8.56. The highest BCUT2D eigenvalue weighted by molar-refractivity contribution is 5.80. The van der Waals surface area contributed by atoms with Crippen molar-refractivity contribution in [3.05, 3.63) is 35.9 Å². The Labute approximate surface area is 101 Å². The molecule has 2 heterocycles. The second kappa shape index (κ2) is 3.56. The fraction of sp³-hybridized carbons (Fsp3) is 0.167. The molecular formula is C12H10FN3O2. The maximum absolute atomic E-state index is 13.2. The van der Waals surface area contributed by atoms with Gasteiger partial charge in [-0.15, -0.1) is 0 Å². The van der Waals surface area contributed by atoms with Gasteiger partial charge in [-0.3, -0.25) is 9.20 Å². The van der Waals surface area contributed by atoms with Gasteiger partial charge >= 0.3 is 5.97 Å². The van der Waals surface area contributed by atoms with Crippen molar-refractivity contribution in [3.8, 4) is 0 Å². The van der Waals surface area contributed by atoms with Gasteiger partial charge in [0.05, 0.1) is 17.5 Å². The highest BCUT2D eigenvalue weighted by Gasteiger charge is 2.13. The molecule has 0 amide bonds. The lowest BCUT2D eigenvalue weighted by Gasteiger charge is -1.97. The Morgan fingerprint density at radius 3 is 3.00 bits per heavy atom. The summed E-state index contributed by atoms with van der Waals surface area (Å²) >= 11 is 0. The van der Waals surface area contributed by atoms with E-state index in [2.05, 4.69) is 4.98 Å². The van der Waals surface area contributed by atoms with E-state index in [1.807, 2.05) is 0 Å². The van der Waals surface area contributed by atoms with Crippen molar-refractivity contribution in [3.63, 3.8) is 0 Å². The van der Waals surface area contributed by atoms with Crippen LogP contribution in [0.15, 0.2) is 24.4 Å². The molecule has 0 radical (unpaired) electrons. The summed E-state index contributed by atoms with van der Waals surface area (Å²) in [4.78, 5) is 15.1. The zero-order valence-corrected chi connectivity index (χ0v) is 9.59. The maximum Gasteiger partial charge on any atom is 0.309 e. The molecule has 2 aromatic heterocycles. The quantitative estimate of drug-likeness (QED) is 0.748. The van der Waals surface area contributed by atoms with E-state index in [1.54, 1.807) is 28.3 Å². The SMILES string of the molecule is Cn1c(CC(=O)O)cn2c3cc(F)ccc3nc12. The maximum atomic E-state index is 13.2. The van der Waals surface area contributed by atoms with Crippen molar-refractivity contribution >= 4 is 22.8 Å². The topological polar surface area (TPSA) is 59.5 Å². The summed E-state index contributed by atoms with van der Waals surface area (Å²) in [5.41, 5.74) is 1.94. The van der Waals surface area contributed by atoms with E-state index in [0.717, 1.165) is 0 Å². The van der Waals surface area contributed by atoms with Gasteiger partial charge in [0.1, 0.15) is 5.82 Å². The number of carboxylic acids is 1. The van der Waals surface area contributed by atoms with Crippen molar-refractivity contribution in [2.75, 3.05) is 0 Å². The van der Waals surface area contributed by atoms with Gasteiger partial charge in [-0.2, -0.15) is 0 Å². The van der Waals surface area contributed by atoms with Crippen LogP contribution >= 0.6 is 0 Å². The van der Waals surface area contributed by atoms with Crippen molar-refractivity contribution in [1.29, 1.82) is 0 Å². The molecule has 3 aromatic rings. The number of aryl methyl sites for hydroxylation is 1. The molecule has 18 heavy (non-hydrogen) atoms. The molecule has 0 aliphatic rings. The molecule has 0 aliphatic heterocycles. The Morgan fingerprint density at radius 2 is 2.28 bits per heavy atom. The second-order valence-electron chi connectivity index (χ2n) is 4.16. The van der Waals surface area contributed by atoms with Crippen LogP contribution in [0.5, 0.6) is 0 Å². The van der Waals surface area contributed by atoms with Crippen molar-refractivity contribution in [1.82, 2.24) is 14.0 Å². The standard InChI is InChI=1S/C12H10FN3O2/c1-15-8(5-11(17)18)6-16-10-4-7(13)2-3-9(10)14-12(15)16/h2-4,6H,5H2,1H3,(H,17,18). The number of carbonyl (C=O) groups is 1. The summed E-state index contributed by atoms with van der Waals surface area (Å²) in [6, 6.07) is 4.35. The number of imidazole rings is 2. The van der Waals surface area contributed by atoms with E-state index in [-0.39, 0.29) is 12.2 Å². The Hall–Kier alpha value is -2.37. The molecule has 6 heteroatoms. The van der Waals surface area contributed by atoms with E-state index in [0.29, 0.717) is 22.5 Å². The summed E-state index contributed by atoms with van der Waals surface area (Å²) in [7, 11) is 1.75. The molecule has 1 aromatic carbocycles. The van der Waals surface area contributed by atoms with Gasteiger partial charge in [0.15, 0.2) is 0 Å². The average molecular weight is 247 g/mol. The smallest absolute Gasteiger partial charge is 0.309 e. The lowest BCUT2D eigenvalue weighted by atomic mass is 10.3. The Balaban J connectivity index is 2.30. The Morgan fingerprint density at radius 1 is 1.50 bits per heavy atom. The first-order valence-corrected chi connectivity index (χ1v) is 5.40. The van der Waals surface area contributed by atoms with Crippen molar-refractivity contribution < 1.29 is 14.3 Å². The molecule has 0 saturated carbocycles. The minimum atomic E-state index is -0.908. The van der Waals surface area contributed by atoms with Crippen LogP contribution in [0.1, 0.15) is 5.69 Å². The summed E-state index contributed by atoms with van der Waals surface area (Å²) in [5, 5.41) is 8.81. The minimum Gasteiger partial charge on any atom is -0.481 e. The number of fused-ring (bicyclic) bond motifs is 3. The predicted molar refractivity (Wildman–Crippen MR) is 63.0 cm³/mol. The third kappa shape index (κ3) is 1.46. The summed E-state index contributed by atoms with van der Waals surface area (Å²) in [5.74, 6) is -0.644. The van der Waals surface area contributed by atoms with Crippen LogP contribution in [0, 0.1) is 5.82 Å². The largest absolute Gasteiger partial charge is 0.481 e. The number of benzene rings is 1. The zero-order valence-electron chi connectivity index (χ0n) is 9.59. The summed E-state index contributed by atoms with van der Waals surface area (Å²) in [6.07, 6.45) is 1.59. The predicted octanol–water partition coefficient (Wildman–Crippen LogP) is 1.59. The number of hydrogen-bond donors (Lipinski definition) is 1. The van der Waals surface area contributed by atoms with Crippen LogP contribution in [0.25, 0.3) is 16.8 Å². The number of rotatable bonds is 2. The molecule has 0 aliphatic carbocycles. The van der Waals surface area contributed by atoms with Crippen molar-refractivity contribution in [2.45, 2.75) is 6.42 Å². The normalized spacial score (nSPS) is 11.4. The molecule has 0 atom stereocenters. The van der Waals surface area contributed by atoms with Gasteiger partial charge in [-0.05, 0) is 12.1 Å². The lowest BCUT2D eigenvalue weighted by Crippen LogP contribution is -2.05. The number of carboxylic acid groups (broad SMARTS) is 1. The fourth-order valence-electron chi connectivity index (χ4n) is 2.10. The molecule has 1 N–H and O–H groups in total. The molecule has 92 valence electrons. The van der Waals surface area contributed by atoms with Gasteiger partial charge in [-0.1, -0.05) is 0 Å². The van der Waals surface area contributed by atoms with Crippen LogP contribution in [-0.2, 0) is 18.3 Å². The summed E-state index contributed by atoms with van der Waals surface area (Å²) < 4.78 is 16.6. The van der Waals surface area contributed by atoms with Gasteiger partial charge in [0.25, 0.3) is 0 Å². The van der Waals surface area contributed by atoms with Crippen LogP contribution in [-0.4, -0.2) is 25.0 Å². The average Bonchev–Trinajstić information content (AvgIpc) is 2.78. The number of halogens is 1. The van der Waals surface area contributed by atoms with Gasteiger partial charge < -0.3 is 9.67 Å². The Bertz CT molecular complexity index is 772. The van der Waals surface area contributed by atoms with Gasteiger partial charge in [0.2, 0.25) is 5.78 Å². The van der Waals surface area contributed by atoms with Gasteiger partial charge in [0, 0.05) is 25.0 Å². The van der Waals surface area contributed by atoms with Crippen LogP contribution in [0.3, 0.4) is 0 Å². The van der Waals surface area contributed by atoms with Crippen molar-refractivity contribution in [2.24, 2.45) is 7.05 Å². The van der Waals surface area contributed by atoms with E-state index in [1.165, 1.54) is 12.1 Å². The first kappa shape index (κ1) is 10.8. The second-order valence-corrected chi connectivity index (χ2v) is 4.16. The highest BCUT2D eigenvalue weighted by Crippen LogP contribution is 2.20. The zero-order chi connectivity index (χ0) is 12.9. The fourth-order valence-corrected chi connectivity index (χ4v) is 2.10. The van der Waals surface area contributed by atoms with Crippen LogP contribution in [0.2, 0.25) is 0 Å². The van der Waals surface area contributed by atoms with Gasteiger partial charge in [-0.25, -0.2) is 9.37 Å².